The van der Waals surface area contributed by atoms with Crippen LogP contribution < -0.4 is 14.8 Å². The van der Waals surface area contributed by atoms with Crippen LogP contribution >= 0.6 is 11.3 Å². The summed E-state index contributed by atoms with van der Waals surface area (Å²) in [5.74, 6) is -0.235. The number of hydrogen-bond donors (Lipinski definition) is 2. The van der Waals surface area contributed by atoms with E-state index in [1.807, 2.05) is 6.92 Å². The number of carbonyl (C=O) groups is 2. The molecule has 0 atom stereocenters. The fourth-order valence-corrected chi connectivity index (χ4v) is 2.90. The molecular formula is C16H18N2O5S. The summed E-state index contributed by atoms with van der Waals surface area (Å²) in [6.45, 7) is 2.18. The third-order valence-electron chi connectivity index (χ3n) is 3.37. The van der Waals surface area contributed by atoms with Gasteiger partial charge in [-0.05, 0) is 24.6 Å². The van der Waals surface area contributed by atoms with Crippen LogP contribution in [0.1, 0.15) is 31.4 Å². The Morgan fingerprint density at radius 2 is 1.92 bits per heavy atom. The highest BCUT2D eigenvalue weighted by molar-refractivity contribution is 7.09. The van der Waals surface area contributed by atoms with E-state index in [-0.39, 0.29) is 11.6 Å². The van der Waals surface area contributed by atoms with Crippen LogP contribution in [0.4, 0.5) is 0 Å². The van der Waals surface area contributed by atoms with E-state index in [0.29, 0.717) is 35.0 Å². The summed E-state index contributed by atoms with van der Waals surface area (Å²) in [7, 11) is 3.05. The number of thiazole rings is 1. The number of methoxy groups -OCH3 is 2. The van der Waals surface area contributed by atoms with Gasteiger partial charge in [-0.1, -0.05) is 0 Å². The molecule has 0 unspecified atom stereocenters. The summed E-state index contributed by atoms with van der Waals surface area (Å²) in [5, 5.41) is 13.8. The van der Waals surface area contributed by atoms with E-state index in [0.717, 1.165) is 5.56 Å². The SMILES string of the molecule is COc1cc(C)c(C(=O)NCCc2nc(C(=O)O)cs2)cc1OC. The topological polar surface area (TPSA) is 97.8 Å². The molecule has 0 bridgehead atoms. The molecule has 0 radical (unpaired) electrons. The average Bonchev–Trinajstić information content (AvgIpc) is 3.03. The van der Waals surface area contributed by atoms with Crippen molar-refractivity contribution >= 4 is 23.2 Å². The summed E-state index contributed by atoms with van der Waals surface area (Å²) >= 11 is 1.26. The molecule has 7 nitrogen and oxygen atoms in total. The average molecular weight is 350 g/mol. The number of ether oxygens (including phenoxy) is 2. The molecule has 128 valence electrons. The zero-order valence-corrected chi connectivity index (χ0v) is 14.4. The molecule has 0 aliphatic heterocycles. The molecule has 0 fully saturated rings. The number of nitrogens with one attached hydrogen (secondary N) is 1. The number of aromatic carboxylic acids is 1. The molecule has 0 spiro atoms. The van der Waals surface area contributed by atoms with Crippen LogP contribution in [0.15, 0.2) is 17.5 Å². The highest BCUT2D eigenvalue weighted by atomic mass is 32.1. The molecule has 0 aliphatic rings. The quantitative estimate of drug-likeness (QED) is 0.794. The van der Waals surface area contributed by atoms with Crippen molar-refractivity contribution in [3.8, 4) is 11.5 Å². The van der Waals surface area contributed by atoms with E-state index in [2.05, 4.69) is 10.3 Å². The van der Waals surface area contributed by atoms with E-state index in [1.165, 1.54) is 30.9 Å². The number of aromatic nitrogens is 1. The Bertz CT molecular complexity index is 757. The predicted octanol–water partition coefficient (Wildman–Crippen LogP) is 2.14. The zero-order chi connectivity index (χ0) is 17.7. The second-order valence-electron chi connectivity index (χ2n) is 4.96. The molecule has 0 saturated heterocycles. The lowest BCUT2D eigenvalue weighted by atomic mass is 10.1. The number of benzene rings is 1. The summed E-state index contributed by atoms with van der Waals surface area (Å²) in [5.41, 5.74) is 1.29. The van der Waals surface area contributed by atoms with Crippen LogP contribution in [0.25, 0.3) is 0 Å². The first-order valence-electron chi connectivity index (χ1n) is 7.14. The minimum atomic E-state index is -1.05. The Kier molecular flexibility index (Phi) is 5.75. The summed E-state index contributed by atoms with van der Waals surface area (Å²) in [4.78, 5) is 27.1. The molecule has 8 heteroatoms. The normalized spacial score (nSPS) is 10.3. The standard InChI is InChI=1S/C16H18N2O5S/c1-9-6-12(22-2)13(23-3)7-10(9)15(19)17-5-4-14-18-11(8-24-14)16(20)21/h6-8H,4-5H2,1-3H3,(H,17,19)(H,20,21). The number of aryl methyl sites for hydroxylation is 1. The van der Waals surface area contributed by atoms with Crippen LogP contribution in [0.5, 0.6) is 11.5 Å². The number of hydrogen-bond acceptors (Lipinski definition) is 6. The Labute approximate surface area is 143 Å². The molecule has 1 aromatic carbocycles. The van der Waals surface area contributed by atoms with Crippen LogP contribution in [0, 0.1) is 6.92 Å². The second-order valence-corrected chi connectivity index (χ2v) is 5.90. The van der Waals surface area contributed by atoms with Crippen LogP contribution in [-0.2, 0) is 6.42 Å². The molecule has 1 aromatic heterocycles. The first kappa shape index (κ1) is 17.7. The molecule has 2 rings (SSSR count). The molecular weight excluding hydrogens is 332 g/mol. The summed E-state index contributed by atoms with van der Waals surface area (Å²) in [6, 6.07) is 3.38. The molecule has 1 amide bonds. The van der Waals surface area contributed by atoms with Crippen molar-refractivity contribution in [1.82, 2.24) is 10.3 Å². The number of amides is 1. The highest BCUT2D eigenvalue weighted by Gasteiger charge is 2.15. The number of carboxylic acids is 1. The first-order valence-corrected chi connectivity index (χ1v) is 8.02. The van der Waals surface area contributed by atoms with Gasteiger partial charge >= 0.3 is 5.97 Å². The lowest BCUT2D eigenvalue weighted by molar-refractivity contribution is 0.0690. The van der Waals surface area contributed by atoms with Crippen LogP contribution in [0.2, 0.25) is 0 Å². The van der Waals surface area contributed by atoms with Crippen molar-refractivity contribution in [2.24, 2.45) is 0 Å². The Morgan fingerprint density at radius 1 is 1.25 bits per heavy atom. The molecule has 2 N–H and O–H groups in total. The summed E-state index contributed by atoms with van der Waals surface area (Å²) < 4.78 is 10.4. The van der Waals surface area contributed by atoms with Gasteiger partial charge in [-0.3, -0.25) is 4.79 Å². The van der Waals surface area contributed by atoms with E-state index in [4.69, 9.17) is 14.6 Å². The highest BCUT2D eigenvalue weighted by Crippen LogP contribution is 2.30. The van der Waals surface area contributed by atoms with Gasteiger partial charge in [0.25, 0.3) is 5.91 Å². The van der Waals surface area contributed by atoms with Gasteiger partial charge in [0.05, 0.1) is 19.2 Å². The van der Waals surface area contributed by atoms with Crippen molar-refractivity contribution in [1.29, 1.82) is 0 Å². The Balaban J connectivity index is 2.00. The predicted molar refractivity (Wildman–Crippen MR) is 89.4 cm³/mol. The monoisotopic (exact) mass is 350 g/mol. The fraction of sp³-hybridized carbons (Fsp3) is 0.312. The van der Waals surface area contributed by atoms with E-state index < -0.39 is 5.97 Å². The van der Waals surface area contributed by atoms with Gasteiger partial charge in [0.2, 0.25) is 0 Å². The lowest BCUT2D eigenvalue weighted by Crippen LogP contribution is -2.26. The van der Waals surface area contributed by atoms with Crippen molar-refractivity contribution in [2.45, 2.75) is 13.3 Å². The summed E-state index contributed by atoms with van der Waals surface area (Å²) in [6.07, 6.45) is 0.468. The van der Waals surface area contributed by atoms with Gasteiger partial charge in [0.15, 0.2) is 17.2 Å². The van der Waals surface area contributed by atoms with Gasteiger partial charge < -0.3 is 19.9 Å². The smallest absolute Gasteiger partial charge is 0.355 e. The van der Waals surface area contributed by atoms with Crippen LogP contribution in [-0.4, -0.2) is 42.7 Å². The minimum absolute atomic E-state index is 0.0251. The van der Waals surface area contributed by atoms with Gasteiger partial charge in [-0.2, -0.15) is 0 Å². The minimum Gasteiger partial charge on any atom is -0.493 e. The molecule has 2 aromatic rings. The van der Waals surface area contributed by atoms with E-state index in [9.17, 15) is 9.59 Å². The van der Waals surface area contributed by atoms with Crippen molar-refractivity contribution in [3.63, 3.8) is 0 Å². The van der Waals surface area contributed by atoms with Gasteiger partial charge in [-0.15, -0.1) is 11.3 Å². The van der Waals surface area contributed by atoms with Gasteiger partial charge in [0.1, 0.15) is 0 Å². The Morgan fingerprint density at radius 3 is 2.50 bits per heavy atom. The third kappa shape index (κ3) is 4.02. The van der Waals surface area contributed by atoms with E-state index in [1.54, 1.807) is 12.1 Å². The maximum atomic E-state index is 12.3. The van der Waals surface area contributed by atoms with Crippen LogP contribution in [0.3, 0.4) is 0 Å². The molecule has 1 heterocycles. The molecule has 0 aliphatic carbocycles. The maximum absolute atomic E-state index is 12.3. The fourth-order valence-electron chi connectivity index (χ4n) is 2.13. The number of carbonyl (C=O) groups excluding carboxylic acids is 1. The second kappa shape index (κ2) is 7.78. The zero-order valence-electron chi connectivity index (χ0n) is 13.6. The number of rotatable bonds is 7. The molecule has 24 heavy (non-hydrogen) atoms. The van der Waals surface area contributed by atoms with Gasteiger partial charge in [0, 0.05) is 23.9 Å². The Hall–Kier alpha value is -2.61. The number of carboxylic acid groups (broad SMARTS) is 1. The van der Waals surface area contributed by atoms with E-state index >= 15 is 0 Å². The first-order chi connectivity index (χ1) is 11.5. The lowest BCUT2D eigenvalue weighted by Gasteiger charge is -2.12. The van der Waals surface area contributed by atoms with Crippen molar-refractivity contribution in [2.75, 3.05) is 20.8 Å². The maximum Gasteiger partial charge on any atom is 0.355 e. The third-order valence-corrected chi connectivity index (χ3v) is 4.28. The van der Waals surface area contributed by atoms with Crippen molar-refractivity contribution in [3.05, 3.63) is 39.3 Å². The van der Waals surface area contributed by atoms with Crippen molar-refractivity contribution < 1.29 is 24.2 Å². The number of nitrogens with zero attached hydrogens (tertiary/aromatic N) is 1. The molecule has 0 saturated carbocycles. The van der Waals surface area contributed by atoms with Gasteiger partial charge in [-0.25, -0.2) is 9.78 Å². The largest absolute Gasteiger partial charge is 0.493 e.